The average molecular weight is 303 g/mol. The second kappa shape index (κ2) is 6.55. The third-order valence-electron chi connectivity index (χ3n) is 5.34. The van der Waals surface area contributed by atoms with Crippen LogP contribution in [0, 0.1) is 0 Å². The molecule has 0 saturated carbocycles. The lowest BCUT2D eigenvalue weighted by atomic mass is 9.87. The summed E-state index contributed by atoms with van der Waals surface area (Å²) in [6.45, 7) is 13.0. The second-order valence-electron chi connectivity index (χ2n) is 7.18. The number of ether oxygens (including phenoxy) is 1. The molecule has 3 rings (SSSR count). The van der Waals surface area contributed by atoms with Crippen molar-refractivity contribution in [1.29, 1.82) is 0 Å². The summed E-state index contributed by atoms with van der Waals surface area (Å²) in [5, 5.41) is 0. The van der Waals surface area contributed by atoms with Crippen molar-refractivity contribution < 1.29 is 4.74 Å². The number of morpholine rings is 1. The first-order chi connectivity index (χ1) is 10.6. The van der Waals surface area contributed by atoms with Gasteiger partial charge in [0.05, 0.1) is 25.1 Å². The van der Waals surface area contributed by atoms with Crippen molar-refractivity contribution in [2.24, 2.45) is 0 Å². The fourth-order valence-electron chi connectivity index (χ4n) is 3.59. The van der Waals surface area contributed by atoms with E-state index >= 15 is 0 Å². The first-order valence-electron chi connectivity index (χ1n) is 8.62. The summed E-state index contributed by atoms with van der Waals surface area (Å²) in [7, 11) is 0. The van der Waals surface area contributed by atoms with Gasteiger partial charge in [-0.25, -0.2) is 0 Å². The van der Waals surface area contributed by atoms with Gasteiger partial charge in [0.25, 0.3) is 0 Å². The van der Waals surface area contributed by atoms with Crippen LogP contribution < -0.4 is 4.90 Å². The minimum Gasteiger partial charge on any atom is -0.379 e. The molecule has 1 aromatic heterocycles. The lowest BCUT2D eigenvalue weighted by Gasteiger charge is -2.48. The topological polar surface area (TPSA) is 28.6 Å². The molecule has 4 nitrogen and oxygen atoms in total. The third-order valence-corrected chi connectivity index (χ3v) is 5.34. The highest BCUT2D eigenvalue weighted by Crippen LogP contribution is 2.31. The van der Waals surface area contributed by atoms with Crippen molar-refractivity contribution in [1.82, 2.24) is 9.88 Å². The fourth-order valence-corrected chi connectivity index (χ4v) is 3.59. The molecule has 22 heavy (non-hydrogen) atoms. The van der Waals surface area contributed by atoms with Crippen LogP contribution in [-0.2, 0) is 4.74 Å². The summed E-state index contributed by atoms with van der Waals surface area (Å²) in [4.78, 5) is 9.73. The van der Waals surface area contributed by atoms with Gasteiger partial charge in [0, 0.05) is 37.4 Å². The van der Waals surface area contributed by atoms with Crippen LogP contribution in [0.25, 0.3) is 0 Å². The van der Waals surface area contributed by atoms with Crippen LogP contribution in [0.3, 0.4) is 0 Å². The number of piperidine rings is 1. The number of nitrogens with zero attached hydrogens (tertiary/aromatic N) is 3. The van der Waals surface area contributed by atoms with E-state index in [1.165, 1.54) is 24.2 Å². The van der Waals surface area contributed by atoms with Crippen LogP contribution in [0.15, 0.2) is 18.3 Å². The summed E-state index contributed by atoms with van der Waals surface area (Å²) in [6, 6.07) is 4.41. The predicted octanol–water partition coefficient (Wildman–Crippen LogP) is 2.90. The molecule has 122 valence electrons. The van der Waals surface area contributed by atoms with Gasteiger partial charge in [0.1, 0.15) is 0 Å². The van der Waals surface area contributed by atoms with Crippen LogP contribution in [0.1, 0.15) is 45.2 Å². The number of aromatic nitrogens is 1. The Hall–Kier alpha value is -1.13. The van der Waals surface area contributed by atoms with E-state index in [-0.39, 0.29) is 0 Å². The smallest absolute Gasteiger partial charge is 0.0594 e. The summed E-state index contributed by atoms with van der Waals surface area (Å²) in [6.07, 6.45) is 4.49. The molecular formula is C18H29N3O. The molecule has 0 aromatic carbocycles. The molecular weight excluding hydrogens is 274 g/mol. The molecule has 1 aromatic rings. The van der Waals surface area contributed by atoms with Gasteiger partial charge in [-0.1, -0.05) is 13.8 Å². The van der Waals surface area contributed by atoms with E-state index in [1.54, 1.807) is 0 Å². The number of pyridine rings is 1. The molecule has 0 amide bonds. The Kier molecular flexibility index (Phi) is 4.69. The number of anilines is 1. The third kappa shape index (κ3) is 3.28. The van der Waals surface area contributed by atoms with E-state index in [0.29, 0.717) is 11.5 Å². The largest absolute Gasteiger partial charge is 0.379 e. The summed E-state index contributed by atoms with van der Waals surface area (Å²) < 4.78 is 5.50. The Morgan fingerprint density at radius 2 is 1.77 bits per heavy atom. The summed E-state index contributed by atoms with van der Waals surface area (Å²) >= 11 is 0. The molecule has 2 aliphatic heterocycles. The molecule has 2 fully saturated rings. The van der Waals surface area contributed by atoms with E-state index in [4.69, 9.17) is 4.74 Å². The van der Waals surface area contributed by atoms with Gasteiger partial charge < -0.3 is 9.64 Å². The van der Waals surface area contributed by atoms with Gasteiger partial charge in [-0.2, -0.15) is 0 Å². The van der Waals surface area contributed by atoms with Gasteiger partial charge in [-0.15, -0.1) is 0 Å². The van der Waals surface area contributed by atoms with Crippen molar-refractivity contribution >= 4 is 5.69 Å². The molecule has 0 bridgehead atoms. The average Bonchev–Trinajstić information content (AvgIpc) is 2.56. The second-order valence-corrected chi connectivity index (χ2v) is 7.18. The maximum absolute atomic E-state index is 5.50. The zero-order valence-corrected chi connectivity index (χ0v) is 14.2. The maximum Gasteiger partial charge on any atom is 0.0594 e. The van der Waals surface area contributed by atoms with Crippen molar-refractivity contribution in [3.8, 4) is 0 Å². The molecule has 0 N–H and O–H groups in total. The Morgan fingerprint density at radius 3 is 2.32 bits per heavy atom. The van der Waals surface area contributed by atoms with Crippen molar-refractivity contribution in [2.75, 3.05) is 44.3 Å². The van der Waals surface area contributed by atoms with Crippen LogP contribution in [-0.4, -0.2) is 54.8 Å². The van der Waals surface area contributed by atoms with Gasteiger partial charge in [0.2, 0.25) is 0 Å². The molecule has 0 aliphatic carbocycles. The van der Waals surface area contributed by atoms with Crippen molar-refractivity contribution in [3.05, 3.63) is 24.0 Å². The zero-order chi connectivity index (χ0) is 15.6. The summed E-state index contributed by atoms with van der Waals surface area (Å²) in [5.74, 6) is 0.500. The fraction of sp³-hybridized carbons (Fsp3) is 0.722. The minimum absolute atomic E-state index is 0.339. The number of hydrogen-bond acceptors (Lipinski definition) is 4. The van der Waals surface area contributed by atoms with Gasteiger partial charge in [0.15, 0.2) is 0 Å². The van der Waals surface area contributed by atoms with Gasteiger partial charge in [-0.3, -0.25) is 9.88 Å². The SMILES string of the molecule is CC(C)c1ccc(N2CCC(C)(N3CCOCC3)CC2)cn1. The highest BCUT2D eigenvalue weighted by atomic mass is 16.5. The standard InChI is InChI=1S/C18H29N3O/c1-15(2)17-5-4-16(14-19-17)20-8-6-18(3,7-9-20)21-10-12-22-13-11-21/h4-5,14-15H,6-13H2,1-3H3. The quantitative estimate of drug-likeness (QED) is 0.858. The summed E-state index contributed by atoms with van der Waals surface area (Å²) in [5.41, 5.74) is 2.79. The lowest BCUT2D eigenvalue weighted by Crippen LogP contribution is -2.56. The molecule has 3 heterocycles. The molecule has 0 spiro atoms. The highest BCUT2D eigenvalue weighted by Gasteiger charge is 2.36. The first kappa shape index (κ1) is 15.8. The number of hydrogen-bond donors (Lipinski definition) is 0. The van der Waals surface area contributed by atoms with Crippen LogP contribution in [0.4, 0.5) is 5.69 Å². The Labute approximate surface area is 134 Å². The number of rotatable bonds is 3. The molecule has 2 saturated heterocycles. The molecule has 0 unspecified atom stereocenters. The van der Waals surface area contributed by atoms with Gasteiger partial charge in [-0.05, 0) is 37.8 Å². The molecule has 2 aliphatic rings. The Balaban J connectivity index is 1.61. The normalized spacial score (nSPS) is 23.0. The van der Waals surface area contributed by atoms with E-state index in [1.807, 2.05) is 6.20 Å². The zero-order valence-electron chi connectivity index (χ0n) is 14.2. The van der Waals surface area contributed by atoms with E-state index in [2.05, 4.69) is 47.7 Å². The van der Waals surface area contributed by atoms with E-state index in [9.17, 15) is 0 Å². The van der Waals surface area contributed by atoms with E-state index < -0.39 is 0 Å². The van der Waals surface area contributed by atoms with Crippen LogP contribution in [0.2, 0.25) is 0 Å². The Morgan fingerprint density at radius 1 is 1.09 bits per heavy atom. The van der Waals surface area contributed by atoms with Crippen molar-refractivity contribution in [3.63, 3.8) is 0 Å². The monoisotopic (exact) mass is 303 g/mol. The van der Waals surface area contributed by atoms with E-state index in [0.717, 1.165) is 39.4 Å². The first-order valence-corrected chi connectivity index (χ1v) is 8.62. The van der Waals surface area contributed by atoms with Crippen LogP contribution in [0.5, 0.6) is 0 Å². The molecule has 0 atom stereocenters. The molecule has 4 heteroatoms. The lowest BCUT2D eigenvalue weighted by molar-refractivity contribution is -0.0248. The minimum atomic E-state index is 0.339. The predicted molar refractivity (Wildman–Crippen MR) is 90.6 cm³/mol. The maximum atomic E-state index is 5.50. The van der Waals surface area contributed by atoms with Gasteiger partial charge >= 0.3 is 0 Å². The Bertz CT molecular complexity index is 472. The van der Waals surface area contributed by atoms with Crippen LogP contribution >= 0.6 is 0 Å². The highest BCUT2D eigenvalue weighted by molar-refractivity contribution is 5.45. The van der Waals surface area contributed by atoms with Crippen molar-refractivity contribution in [2.45, 2.75) is 45.1 Å². The molecule has 0 radical (unpaired) electrons.